The van der Waals surface area contributed by atoms with E-state index in [1.807, 2.05) is 0 Å². The van der Waals surface area contributed by atoms with Crippen molar-refractivity contribution in [3.8, 4) is 0 Å². The van der Waals surface area contributed by atoms with Crippen molar-refractivity contribution in [2.24, 2.45) is 7.05 Å². The smallest absolute Gasteiger partial charge is 0.287 e. The monoisotopic (exact) mass is 233 g/mol. The van der Waals surface area contributed by atoms with Crippen LogP contribution in [0.4, 0.5) is 5.69 Å². The fourth-order valence-electron chi connectivity index (χ4n) is 0.825. The molecule has 1 aromatic rings. The molecule has 0 aliphatic carbocycles. The molecular weight excluding hydrogens is 225 g/mol. The largest absolute Gasteiger partial charge is 0.377 e. The highest BCUT2D eigenvalue weighted by atomic mass is 35.5. The lowest BCUT2D eigenvalue weighted by Crippen LogP contribution is -2.21. The minimum absolute atomic E-state index is 0.0976. The lowest BCUT2D eigenvalue weighted by atomic mass is 10.4. The molecule has 1 heterocycles. The molecule has 0 fully saturated rings. The Labute approximate surface area is 91.1 Å². The van der Waals surface area contributed by atoms with Crippen molar-refractivity contribution < 1.29 is 0 Å². The number of halogens is 2. The van der Waals surface area contributed by atoms with Crippen LogP contribution in [0.5, 0.6) is 0 Å². The molecule has 14 heavy (non-hydrogen) atoms. The van der Waals surface area contributed by atoms with Crippen molar-refractivity contribution in [2.45, 2.75) is 0 Å². The van der Waals surface area contributed by atoms with Crippen molar-refractivity contribution >= 4 is 28.9 Å². The van der Waals surface area contributed by atoms with Gasteiger partial charge < -0.3 is 5.32 Å². The summed E-state index contributed by atoms with van der Waals surface area (Å²) < 4.78 is 1.16. The molecule has 0 amide bonds. The van der Waals surface area contributed by atoms with Crippen LogP contribution in [0.1, 0.15) is 0 Å². The van der Waals surface area contributed by atoms with Crippen LogP contribution in [0, 0.1) is 0 Å². The van der Waals surface area contributed by atoms with Crippen LogP contribution >= 0.6 is 23.2 Å². The van der Waals surface area contributed by atoms with Crippen molar-refractivity contribution in [2.75, 3.05) is 11.9 Å². The number of nitrogens with zero attached hydrogens (tertiary/aromatic N) is 2. The van der Waals surface area contributed by atoms with Crippen LogP contribution in [-0.2, 0) is 7.05 Å². The van der Waals surface area contributed by atoms with Crippen LogP contribution in [0.2, 0.25) is 5.02 Å². The first-order valence-electron chi connectivity index (χ1n) is 3.81. The van der Waals surface area contributed by atoms with E-state index in [4.69, 9.17) is 23.2 Å². The van der Waals surface area contributed by atoms with Gasteiger partial charge in [0.15, 0.2) is 0 Å². The van der Waals surface area contributed by atoms with Gasteiger partial charge in [-0.1, -0.05) is 29.8 Å². The van der Waals surface area contributed by atoms with Gasteiger partial charge in [0.2, 0.25) is 0 Å². The zero-order valence-corrected chi connectivity index (χ0v) is 9.06. The zero-order valence-electron chi connectivity index (χ0n) is 7.55. The lowest BCUT2D eigenvalue weighted by molar-refractivity contribution is 0.708. The van der Waals surface area contributed by atoms with Gasteiger partial charge in [-0.2, -0.15) is 5.10 Å². The molecule has 0 aliphatic rings. The molecule has 1 rings (SSSR count). The molecule has 0 aromatic carbocycles. The molecule has 0 saturated heterocycles. The van der Waals surface area contributed by atoms with E-state index in [0.717, 1.165) is 4.68 Å². The molecule has 0 saturated carbocycles. The van der Waals surface area contributed by atoms with E-state index in [1.165, 1.54) is 13.2 Å². The molecular formula is C8H9Cl2N3O. The normalized spacial score (nSPS) is 9.93. The molecule has 0 spiro atoms. The Kier molecular flexibility index (Phi) is 3.55. The van der Waals surface area contributed by atoms with Gasteiger partial charge in [-0.15, -0.1) is 0 Å². The average molecular weight is 234 g/mol. The third kappa shape index (κ3) is 2.49. The molecule has 0 bridgehead atoms. The molecule has 1 aromatic heterocycles. The molecule has 0 unspecified atom stereocenters. The Morgan fingerprint density at radius 2 is 2.43 bits per heavy atom. The van der Waals surface area contributed by atoms with Gasteiger partial charge in [0.05, 0.1) is 18.4 Å². The lowest BCUT2D eigenvalue weighted by Gasteiger charge is -2.06. The summed E-state index contributed by atoms with van der Waals surface area (Å²) in [5, 5.41) is 7.17. The summed E-state index contributed by atoms with van der Waals surface area (Å²) in [4.78, 5) is 11.3. The molecule has 0 radical (unpaired) electrons. The second kappa shape index (κ2) is 4.48. The summed E-state index contributed by atoms with van der Waals surface area (Å²) in [5.41, 5.74) is 0.105. The maximum Gasteiger partial charge on any atom is 0.287 e. The van der Waals surface area contributed by atoms with E-state index in [2.05, 4.69) is 17.0 Å². The van der Waals surface area contributed by atoms with E-state index >= 15 is 0 Å². The molecule has 1 N–H and O–H groups in total. The number of aryl methyl sites for hydroxylation is 1. The Hall–Kier alpha value is -1.00. The number of aromatic nitrogens is 2. The first-order valence-corrected chi connectivity index (χ1v) is 4.57. The summed E-state index contributed by atoms with van der Waals surface area (Å²) in [6, 6.07) is 0. The number of hydrogen-bond acceptors (Lipinski definition) is 3. The molecule has 6 heteroatoms. The van der Waals surface area contributed by atoms with Crippen molar-refractivity contribution in [3.05, 3.63) is 33.2 Å². The third-order valence-electron chi connectivity index (χ3n) is 1.55. The summed E-state index contributed by atoms with van der Waals surface area (Å²) in [6.45, 7) is 3.84. The van der Waals surface area contributed by atoms with Gasteiger partial charge in [-0.3, -0.25) is 4.79 Å². The highest BCUT2D eigenvalue weighted by Crippen LogP contribution is 2.15. The maximum absolute atomic E-state index is 11.3. The third-order valence-corrected chi connectivity index (χ3v) is 2.05. The van der Waals surface area contributed by atoms with Crippen LogP contribution < -0.4 is 10.9 Å². The topological polar surface area (TPSA) is 46.9 Å². The predicted molar refractivity (Wildman–Crippen MR) is 58.0 cm³/mol. The van der Waals surface area contributed by atoms with Gasteiger partial charge in [-0.05, 0) is 0 Å². The Morgan fingerprint density at radius 3 is 3.00 bits per heavy atom. The first kappa shape index (κ1) is 11.1. The Morgan fingerprint density at radius 1 is 1.79 bits per heavy atom. The van der Waals surface area contributed by atoms with Gasteiger partial charge in [-0.25, -0.2) is 4.68 Å². The van der Waals surface area contributed by atoms with E-state index in [-0.39, 0.29) is 10.6 Å². The number of nitrogens with one attached hydrogen (secondary N) is 1. The highest BCUT2D eigenvalue weighted by molar-refractivity contribution is 6.33. The van der Waals surface area contributed by atoms with Gasteiger partial charge in [0.25, 0.3) is 5.56 Å². The van der Waals surface area contributed by atoms with Crippen molar-refractivity contribution in [1.82, 2.24) is 9.78 Å². The van der Waals surface area contributed by atoms with Gasteiger partial charge in [0, 0.05) is 12.1 Å². The van der Waals surface area contributed by atoms with Gasteiger partial charge >= 0.3 is 0 Å². The molecule has 0 aliphatic heterocycles. The van der Waals surface area contributed by atoms with Crippen molar-refractivity contribution in [3.63, 3.8) is 0 Å². The summed E-state index contributed by atoms with van der Waals surface area (Å²) in [6.07, 6.45) is 1.46. The average Bonchev–Trinajstić information content (AvgIpc) is 2.13. The number of hydrogen-bond donors (Lipinski definition) is 1. The first-order chi connectivity index (χ1) is 6.52. The van der Waals surface area contributed by atoms with Gasteiger partial charge in [0.1, 0.15) is 5.02 Å². The Bertz CT molecular complexity index is 414. The highest BCUT2D eigenvalue weighted by Gasteiger charge is 2.06. The Balaban J connectivity index is 2.94. The second-order valence-corrected chi connectivity index (χ2v) is 3.58. The quantitative estimate of drug-likeness (QED) is 0.863. The molecule has 4 nitrogen and oxygen atoms in total. The summed E-state index contributed by atoms with van der Waals surface area (Å²) in [7, 11) is 1.53. The van der Waals surface area contributed by atoms with E-state index < -0.39 is 0 Å². The standard InChI is InChI=1S/C8H9Cl2N3O/c1-5(9)3-11-6-4-12-13(2)8(14)7(6)10/h4,11H,1,3H2,2H3. The van der Waals surface area contributed by atoms with Crippen molar-refractivity contribution in [1.29, 1.82) is 0 Å². The number of anilines is 1. The van der Waals surface area contributed by atoms with E-state index in [1.54, 1.807) is 0 Å². The van der Waals surface area contributed by atoms with Crippen LogP contribution in [0.3, 0.4) is 0 Å². The fourth-order valence-corrected chi connectivity index (χ4v) is 1.13. The maximum atomic E-state index is 11.3. The summed E-state index contributed by atoms with van der Waals surface area (Å²) in [5.74, 6) is 0. The molecule has 0 atom stereocenters. The SMILES string of the molecule is C=C(Cl)CNc1cnn(C)c(=O)c1Cl. The fraction of sp³-hybridized carbons (Fsp3) is 0.250. The van der Waals surface area contributed by atoms with Crippen LogP contribution in [0.25, 0.3) is 0 Å². The second-order valence-electron chi connectivity index (χ2n) is 2.67. The minimum Gasteiger partial charge on any atom is -0.377 e. The predicted octanol–water partition coefficient (Wildman–Crippen LogP) is 1.60. The summed E-state index contributed by atoms with van der Waals surface area (Å²) >= 11 is 11.3. The minimum atomic E-state index is -0.350. The van der Waals surface area contributed by atoms with Crippen LogP contribution in [0.15, 0.2) is 22.6 Å². The van der Waals surface area contributed by atoms with E-state index in [9.17, 15) is 4.79 Å². The van der Waals surface area contributed by atoms with E-state index in [0.29, 0.717) is 17.3 Å². The molecule has 76 valence electrons. The van der Waals surface area contributed by atoms with Crippen LogP contribution in [-0.4, -0.2) is 16.3 Å². The zero-order chi connectivity index (χ0) is 10.7. The number of rotatable bonds is 3.